The maximum atomic E-state index is 13.2. The summed E-state index contributed by atoms with van der Waals surface area (Å²) in [5.74, 6) is -0.476. The summed E-state index contributed by atoms with van der Waals surface area (Å²) in [7, 11) is 0. The van der Waals surface area contributed by atoms with Crippen molar-refractivity contribution < 1.29 is 13.9 Å². The zero-order chi connectivity index (χ0) is 20.5. The lowest BCUT2D eigenvalue weighted by atomic mass is 10.1. The second-order valence-corrected chi connectivity index (χ2v) is 7.59. The molecule has 2 aromatic carbocycles. The van der Waals surface area contributed by atoms with Crippen molar-refractivity contribution in [1.29, 1.82) is 0 Å². The summed E-state index contributed by atoms with van der Waals surface area (Å²) in [6.45, 7) is 3.65. The number of ether oxygens (including phenoxy) is 1. The zero-order valence-electron chi connectivity index (χ0n) is 15.8. The van der Waals surface area contributed by atoms with Crippen LogP contribution in [0.5, 0.6) is 5.75 Å². The maximum absolute atomic E-state index is 13.2. The van der Waals surface area contributed by atoms with Crippen molar-refractivity contribution in [1.82, 2.24) is 9.55 Å². The topological polar surface area (TPSA) is 61.2 Å². The Balaban J connectivity index is 1.64. The summed E-state index contributed by atoms with van der Waals surface area (Å²) < 4.78 is 19.8. The van der Waals surface area contributed by atoms with Crippen LogP contribution in [0.1, 0.15) is 11.1 Å². The largest absolute Gasteiger partial charge is 0.425 e. The molecular formula is C22H17FN2O3S. The highest BCUT2D eigenvalue weighted by Crippen LogP contribution is 2.30. The minimum atomic E-state index is -0.560. The molecule has 4 aromatic rings. The fourth-order valence-electron chi connectivity index (χ4n) is 3.00. The summed E-state index contributed by atoms with van der Waals surface area (Å²) >= 11 is 1.33. The molecule has 0 N–H and O–H groups in total. The molecule has 0 saturated carbocycles. The van der Waals surface area contributed by atoms with Crippen LogP contribution in [0, 0.1) is 19.7 Å². The minimum Gasteiger partial charge on any atom is -0.425 e. The van der Waals surface area contributed by atoms with Crippen molar-refractivity contribution in [3.63, 3.8) is 0 Å². The number of aromatic nitrogens is 2. The predicted molar refractivity (Wildman–Crippen MR) is 111 cm³/mol. The standard InChI is InChI=1S/C22H17FN2O3S/c1-13-3-8-17(9-14(13)2)28-19(26)10-25-12-24-21-20(22(25)27)18(11-29-21)15-4-6-16(23)7-5-15/h3-9,11-12H,10H2,1-2H3. The molecule has 0 amide bonds. The van der Waals surface area contributed by atoms with Gasteiger partial charge < -0.3 is 4.74 Å². The lowest BCUT2D eigenvalue weighted by Gasteiger charge is -2.08. The van der Waals surface area contributed by atoms with Crippen LogP contribution in [0.15, 0.2) is 59.0 Å². The lowest BCUT2D eigenvalue weighted by molar-refractivity contribution is -0.135. The summed E-state index contributed by atoms with van der Waals surface area (Å²) in [4.78, 5) is 30.2. The van der Waals surface area contributed by atoms with E-state index in [2.05, 4.69) is 4.98 Å². The summed E-state index contributed by atoms with van der Waals surface area (Å²) in [6, 6.07) is 11.3. The van der Waals surface area contributed by atoms with Crippen molar-refractivity contribution in [2.75, 3.05) is 0 Å². The van der Waals surface area contributed by atoms with Crippen LogP contribution < -0.4 is 10.3 Å². The predicted octanol–water partition coefficient (Wildman–Crippen LogP) is 4.49. The molecule has 0 saturated heterocycles. The first-order chi connectivity index (χ1) is 13.9. The van der Waals surface area contributed by atoms with E-state index in [-0.39, 0.29) is 17.9 Å². The van der Waals surface area contributed by atoms with Gasteiger partial charge in [-0.15, -0.1) is 11.3 Å². The highest BCUT2D eigenvalue weighted by Gasteiger charge is 2.15. The highest BCUT2D eigenvalue weighted by atomic mass is 32.1. The minimum absolute atomic E-state index is 0.257. The fraction of sp³-hybridized carbons (Fsp3) is 0.136. The van der Waals surface area contributed by atoms with E-state index in [9.17, 15) is 14.0 Å². The Kier molecular flexibility index (Phi) is 4.98. The van der Waals surface area contributed by atoms with E-state index < -0.39 is 5.97 Å². The van der Waals surface area contributed by atoms with Gasteiger partial charge in [-0.3, -0.25) is 9.36 Å². The van der Waals surface area contributed by atoms with Crippen molar-refractivity contribution >= 4 is 27.5 Å². The average Bonchev–Trinajstić information content (AvgIpc) is 3.12. The van der Waals surface area contributed by atoms with Gasteiger partial charge in [-0.1, -0.05) is 18.2 Å². The molecule has 2 aromatic heterocycles. The molecule has 0 fully saturated rings. The van der Waals surface area contributed by atoms with E-state index in [1.165, 1.54) is 34.4 Å². The third-order valence-electron chi connectivity index (χ3n) is 4.73. The van der Waals surface area contributed by atoms with Gasteiger partial charge in [0.1, 0.15) is 22.9 Å². The Morgan fingerprint density at radius 2 is 1.90 bits per heavy atom. The van der Waals surface area contributed by atoms with Crippen LogP contribution in [-0.2, 0) is 11.3 Å². The van der Waals surface area contributed by atoms with Crippen LogP contribution in [0.2, 0.25) is 0 Å². The number of hydrogen-bond donors (Lipinski definition) is 0. The van der Waals surface area contributed by atoms with Crippen LogP contribution in [0.4, 0.5) is 4.39 Å². The maximum Gasteiger partial charge on any atom is 0.331 e. The first kappa shape index (κ1) is 19.0. The molecule has 7 heteroatoms. The molecule has 4 rings (SSSR count). The number of thiophene rings is 1. The second kappa shape index (κ2) is 7.60. The van der Waals surface area contributed by atoms with Crippen molar-refractivity contribution in [2.24, 2.45) is 0 Å². The SMILES string of the molecule is Cc1ccc(OC(=O)Cn2cnc3scc(-c4ccc(F)cc4)c3c2=O)cc1C. The van der Waals surface area contributed by atoms with Crippen LogP contribution in [0.25, 0.3) is 21.3 Å². The first-order valence-electron chi connectivity index (χ1n) is 8.93. The van der Waals surface area contributed by atoms with Gasteiger partial charge >= 0.3 is 5.97 Å². The molecule has 0 aliphatic carbocycles. The number of aryl methyl sites for hydroxylation is 2. The molecule has 0 atom stereocenters. The summed E-state index contributed by atoms with van der Waals surface area (Å²) in [5.41, 5.74) is 3.15. The van der Waals surface area contributed by atoms with E-state index in [1.807, 2.05) is 25.3 Å². The van der Waals surface area contributed by atoms with Gasteiger partial charge in [0.25, 0.3) is 5.56 Å². The monoisotopic (exact) mass is 408 g/mol. The van der Waals surface area contributed by atoms with Gasteiger partial charge in [0.2, 0.25) is 0 Å². The van der Waals surface area contributed by atoms with E-state index in [0.29, 0.717) is 27.1 Å². The van der Waals surface area contributed by atoms with Crippen molar-refractivity contribution in [2.45, 2.75) is 20.4 Å². The molecule has 0 bridgehead atoms. The van der Waals surface area contributed by atoms with E-state index >= 15 is 0 Å². The van der Waals surface area contributed by atoms with E-state index in [4.69, 9.17) is 4.74 Å². The zero-order valence-corrected chi connectivity index (χ0v) is 16.6. The number of carbonyl (C=O) groups is 1. The Hall–Kier alpha value is -3.32. The Labute approximate surface area is 170 Å². The third-order valence-corrected chi connectivity index (χ3v) is 5.61. The fourth-order valence-corrected chi connectivity index (χ4v) is 3.91. The molecule has 29 heavy (non-hydrogen) atoms. The normalized spacial score (nSPS) is 11.0. The third kappa shape index (κ3) is 3.82. The number of fused-ring (bicyclic) bond motifs is 1. The van der Waals surface area contributed by atoms with Gasteiger partial charge in [0, 0.05) is 10.9 Å². The smallest absolute Gasteiger partial charge is 0.331 e. The molecule has 0 spiro atoms. The Morgan fingerprint density at radius 3 is 2.62 bits per heavy atom. The molecule has 5 nitrogen and oxygen atoms in total. The van der Waals surface area contributed by atoms with E-state index in [1.54, 1.807) is 24.3 Å². The molecule has 146 valence electrons. The van der Waals surface area contributed by atoms with Gasteiger partial charge in [-0.2, -0.15) is 0 Å². The van der Waals surface area contributed by atoms with E-state index in [0.717, 1.165) is 11.1 Å². The van der Waals surface area contributed by atoms with Crippen LogP contribution in [-0.4, -0.2) is 15.5 Å². The number of rotatable bonds is 4. The molecule has 0 unspecified atom stereocenters. The quantitative estimate of drug-likeness (QED) is 0.369. The average molecular weight is 408 g/mol. The lowest BCUT2D eigenvalue weighted by Crippen LogP contribution is -2.26. The van der Waals surface area contributed by atoms with Crippen molar-refractivity contribution in [3.05, 3.63) is 81.5 Å². The summed E-state index contributed by atoms with van der Waals surface area (Å²) in [6.07, 6.45) is 1.34. The van der Waals surface area contributed by atoms with Crippen LogP contribution >= 0.6 is 11.3 Å². The van der Waals surface area contributed by atoms with Crippen LogP contribution in [0.3, 0.4) is 0 Å². The van der Waals surface area contributed by atoms with Gasteiger partial charge in [-0.25, -0.2) is 14.2 Å². The van der Waals surface area contributed by atoms with Gasteiger partial charge in [0.05, 0.1) is 11.7 Å². The Morgan fingerprint density at radius 1 is 1.14 bits per heavy atom. The number of carbonyl (C=O) groups excluding carboxylic acids is 1. The molecule has 0 aliphatic rings. The van der Waals surface area contributed by atoms with Gasteiger partial charge in [0.15, 0.2) is 0 Å². The molecule has 0 radical (unpaired) electrons. The van der Waals surface area contributed by atoms with Crippen molar-refractivity contribution in [3.8, 4) is 16.9 Å². The molecule has 0 aliphatic heterocycles. The second-order valence-electron chi connectivity index (χ2n) is 6.73. The molecule has 2 heterocycles. The number of hydrogen-bond acceptors (Lipinski definition) is 5. The number of nitrogens with zero attached hydrogens (tertiary/aromatic N) is 2. The van der Waals surface area contributed by atoms with Gasteiger partial charge in [-0.05, 0) is 54.8 Å². The summed E-state index contributed by atoms with van der Waals surface area (Å²) in [5, 5.41) is 2.22. The number of benzene rings is 2. The highest BCUT2D eigenvalue weighted by molar-refractivity contribution is 7.17. The first-order valence-corrected chi connectivity index (χ1v) is 9.81. The number of esters is 1. The number of halogens is 1. The Bertz CT molecular complexity index is 1280. The molecular weight excluding hydrogens is 391 g/mol.